The van der Waals surface area contributed by atoms with Gasteiger partial charge in [0.25, 0.3) is 0 Å². The number of fused-ring (bicyclic) bond motifs is 1. The molecule has 1 aliphatic heterocycles. The fourth-order valence-electron chi connectivity index (χ4n) is 2.43. The summed E-state index contributed by atoms with van der Waals surface area (Å²) in [4.78, 5) is 0. The lowest BCUT2D eigenvalue weighted by Gasteiger charge is -2.25. The zero-order chi connectivity index (χ0) is 14.1. The molecule has 0 N–H and O–H groups in total. The Bertz CT molecular complexity index is 684. The van der Waals surface area contributed by atoms with Crippen LogP contribution in [0, 0.1) is 11.0 Å². The average Bonchev–Trinajstić information content (AvgIpc) is 2.58. The Balaban J connectivity index is 2.21. The van der Waals surface area contributed by atoms with Gasteiger partial charge in [0.05, 0.1) is 0 Å². The number of hydrogen-bond acceptors (Lipinski definition) is 2. The highest BCUT2D eigenvalue weighted by Crippen LogP contribution is 2.32. The third kappa shape index (κ3) is 2.48. The second-order valence-corrected chi connectivity index (χ2v) is 5.16. The minimum atomic E-state index is -0.302. The number of hydrogen-bond donors (Lipinski definition) is 0. The first-order valence-electron chi connectivity index (χ1n) is 6.31. The normalized spacial score (nSPS) is 15.4. The summed E-state index contributed by atoms with van der Waals surface area (Å²) in [6.07, 6.45) is 1.76. The van der Waals surface area contributed by atoms with Gasteiger partial charge in [0.1, 0.15) is 5.82 Å². The zero-order valence-corrected chi connectivity index (χ0v) is 11.4. The zero-order valence-electron chi connectivity index (χ0n) is 10.6. The number of rotatable bonds is 1. The summed E-state index contributed by atoms with van der Waals surface area (Å²) < 4.78 is 14.0. The number of halogens is 2. The lowest BCUT2D eigenvalue weighted by molar-refractivity contribution is 0.414. The topological polar surface area (TPSA) is 26.3 Å². The van der Waals surface area contributed by atoms with Gasteiger partial charge in [-0.1, -0.05) is 41.9 Å². The third-order valence-corrected chi connectivity index (χ3v) is 3.61. The van der Waals surface area contributed by atoms with Gasteiger partial charge in [-0.05, 0) is 34.9 Å². The van der Waals surface area contributed by atoms with Crippen molar-refractivity contribution in [2.75, 3.05) is 6.54 Å². The standard InChI is InChI=1S/C16H12ClFNO/c17-12-6-5-11-10-19(20)8-7-13(15(11)9-12)14-3-1-2-4-16(14)18/h1-7,9H,8,10H2/q-1. The number of nitrogens with zero attached hydrogens (tertiary/aromatic N) is 1. The summed E-state index contributed by atoms with van der Waals surface area (Å²) in [6.45, 7) is 0.511. The summed E-state index contributed by atoms with van der Waals surface area (Å²) in [7, 11) is 0. The SMILES string of the molecule is [O-]N1CC=C(c2ccccc2F)c2cc(Cl)ccc2C1. The van der Waals surface area contributed by atoms with E-state index in [9.17, 15) is 9.60 Å². The molecule has 102 valence electrons. The largest absolute Gasteiger partial charge is 0.785 e. The fourth-order valence-corrected chi connectivity index (χ4v) is 2.60. The lowest BCUT2D eigenvalue weighted by atomic mass is 9.94. The molecule has 0 spiro atoms. The van der Waals surface area contributed by atoms with Gasteiger partial charge in [0, 0.05) is 23.7 Å². The van der Waals surface area contributed by atoms with E-state index in [1.54, 1.807) is 36.4 Å². The van der Waals surface area contributed by atoms with Crippen LogP contribution in [0.1, 0.15) is 16.7 Å². The van der Waals surface area contributed by atoms with Crippen LogP contribution in [0.15, 0.2) is 48.5 Å². The first-order valence-corrected chi connectivity index (χ1v) is 6.69. The van der Waals surface area contributed by atoms with Gasteiger partial charge < -0.3 is 10.3 Å². The molecule has 0 unspecified atom stereocenters. The summed E-state index contributed by atoms with van der Waals surface area (Å²) >= 11 is 6.05. The van der Waals surface area contributed by atoms with Gasteiger partial charge in [0.15, 0.2) is 0 Å². The molecular weight excluding hydrogens is 277 g/mol. The maximum Gasteiger partial charge on any atom is 0.131 e. The molecule has 1 heterocycles. The molecule has 0 amide bonds. The van der Waals surface area contributed by atoms with Crippen LogP contribution < -0.4 is 0 Å². The van der Waals surface area contributed by atoms with Gasteiger partial charge in [-0.25, -0.2) is 4.39 Å². The molecule has 2 aromatic carbocycles. The van der Waals surface area contributed by atoms with E-state index in [4.69, 9.17) is 11.6 Å². The van der Waals surface area contributed by atoms with E-state index in [2.05, 4.69) is 0 Å². The summed E-state index contributed by atoms with van der Waals surface area (Å²) in [5.74, 6) is -0.302. The first-order chi connectivity index (χ1) is 9.65. The van der Waals surface area contributed by atoms with Crippen molar-refractivity contribution in [3.05, 3.63) is 81.3 Å². The molecule has 0 fully saturated rings. The number of hydroxylamine groups is 2. The van der Waals surface area contributed by atoms with Crippen LogP contribution in [0.25, 0.3) is 5.57 Å². The van der Waals surface area contributed by atoms with Crippen molar-refractivity contribution >= 4 is 17.2 Å². The van der Waals surface area contributed by atoms with Gasteiger partial charge in [-0.2, -0.15) is 0 Å². The molecule has 1 aliphatic rings. The molecule has 0 aliphatic carbocycles. The van der Waals surface area contributed by atoms with E-state index in [1.807, 2.05) is 6.07 Å². The molecule has 0 atom stereocenters. The van der Waals surface area contributed by atoms with Crippen LogP contribution in [-0.2, 0) is 6.54 Å². The van der Waals surface area contributed by atoms with E-state index in [1.165, 1.54) is 6.07 Å². The van der Waals surface area contributed by atoms with E-state index in [0.29, 0.717) is 10.6 Å². The van der Waals surface area contributed by atoms with Crippen molar-refractivity contribution in [3.8, 4) is 0 Å². The first kappa shape index (κ1) is 13.3. The monoisotopic (exact) mass is 288 g/mol. The minimum Gasteiger partial charge on any atom is -0.785 e. The van der Waals surface area contributed by atoms with E-state index >= 15 is 0 Å². The van der Waals surface area contributed by atoms with Crippen molar-refractivity contribution < 1.29 is 4.39 Å². The van der Waals surface area contributed by atoms with Gasteiger partial charge in [-0.15, -0.1) is 0 Å². The summed E-state index contributed by atoms with van der Waals surface area (Å²) in [5, 5.41) is 13.3. The molecule has 3 rings (SSSR count). The average molecular weight is 289 g/mol. The van der Waals surface area contributed by atoms with Crippen molar-refractivity contribution in [2.45, 2.75) is 6.54 Å². The minimum absolute atomic E-state index is 0.232. The Morgan fingerprint density at radius 1 is 1.10 bits per heavy atom. The van der Waals surface area contributed by atoms with Gasteiger partial charge >= 0.3 is 0 Å². The fraction of sp³-hybridized carbons (Fsp3) is 0.125. The van der Waals surface area contributed by atoms with Crippen molar-refractivity contribution in [3.63, 3.8) is 0 Å². The second kappa shape index (κ2) is 5.37. The number of benzene rings is 2. The van der Waals surface area contributed by atoms with Crippen LogP contribution in [0.2, 0.25) is 5.02 Å². The van der Waals surface area contributed by atoms with E-state index in [0.717, 1.165) is 21.8 Å². The van der Waals surface area contributed by atoms with E-state index < -0.39 is 0 Å². The quantitative estimate of drug-likeness (QED) is 0.785. The molecular formula is C16H12ClFNO-. The summed E-state index contributed by atoms with van der Waals surface area (Å²) in [5.41, 5.74) is 2.89. The second-order valence-electron chi connectivity index (χ2n) is 4.72. The smallest absolute Gasteiger partial charge is 0.131 e. The van der Waals surface area contributed by atoms with Crippen LogP contribution in [0.3, 0.4) is 0 Å². The maximum atomic E-state index is 14.0. The highest BCUT2D eigenvalue weighted by atomic mass is 35.5. The van der Waals surface area contributed by atoms with Crippen molar-refractivity contribution in [2.24, 2.45) is 0 Å². The Morgan fingerprint density at radius 3 is 2.70 bits per heavy atom. The molecule has 4 heteroatoms. The molecule has 0 saturated heterocycles. The predicted octanol–water partition coefficient (Wildman–Crippen LogP) is 4.22. The van der Waals surface area contributed by atoms with E-state index in [-0.39, 0.29) is 18.9 Å². The van der Waals surface area contributed by atoms with Gasteiger partial charge in [0.2, 0.25) is 0 Å². The highest BCUT2D eigenvalue weighted by molar-refractivity contribution is 6.30. The summed E-state index contributed by atoms with van der Waals surface area (Å²) in [6, 6.07) is 11.9. The van der Waals surface area contributed by atoms with Crippen molar-refractivity contribution in [1.29, 1.82) is 0 Å². The highest BCUT2D eigenvalue weighted by Gasteiger charge is 2.16. The molecule has 2 nitrogen and oxygen atoms in total. The Hall–Kier alpha value is -1.68. The molecule has 2 aromatic rings. The van der Waals surface area contributed by atoms with Gasteiger partial charge in [-0.3, -0.25) is 0 Å². The molecule has 20 heavy (non-hydrogen) atoms. The van der Waals surface area contributed by atoms with Crippen LogP contribution in [-0.4, -0.2) is 11.6 Å². The molecule has 0 aromatic heterocycles. The lowest BCUT2D eigenvalue weighted by Crippen LogP contribution is -2.14. The Morgan fingerprint density at radius 2 is 1.90 bits per heavy atom. The van der Waals surface area contributed by atoms with Crippen LogP contribution in [0.5, 0.6) is 0 Å². The molecule has 0 radical (unpaired) electrons. The predicted molar refractivity (Wildman–Crippen MR) is 78.7 cm³/mol. The molecule has 0 bridgehead atoms. The Kier molecular flexibility index (Phi) is 3.57. The van der Waals surface area contributed by atoms with Crippen molar-refractivity contribution in [1.82, 2.24) is 5.06 Å². The molecule has 0 saturated carbocycles. The Labute approximate surface area is 121 Å². The van der Waals surface area contributed by atoms with Crippen LogP contribution in [0.4, 0.5) is 4.39 Å². The maximum absolute atomic E-state index is 14.0. The third-order valence-electron chi connectivity index (χ3n) is 3.37. The van der Waals surface area contributed by atoms with Crippen LogP contribution >= 0.6 is 11.6 Å².